The summed E-state index contributed by atoms with van der Waals surface area (Å²) in [5, 5.41) is 8.70. The molecule has 2 aliphatic carbocycles. The van der Waals surface area contributed by atoms with Crippen molar-refractivity contribution in [3.63, 3.8) is 0 Å². The summed E-state index contributed by atoms with van der Waals surface area (Å²) in [5.41, 5.74) is 1.63. The molecule has 0 N–H and O–H groups in total. The number of carbonyl (C=O) groups excluding carboxylic acids is 1. The molecule has 6 nitrogen and oxygen atoms in total. The quantitative estimate of drug-likeness (QED) is 0.850. The molecule has 0 radical (unpaired) electrons. The predicted octanol–water partition coefficient (Wildman–Crippen LogP) is 2.80. The van der Waals surface area contributed by atoms with Crippen molar-refractivity contribution in [2.75, 3.05) is 13.1 Å². The van der Waals surface area contributed by atoms with Crippen LogP contribution in [0.15, 0.2) is 24.5 Å². The molecule has 3 aliphatic rings. The molecule has 3 fully saturated rings. The molecule has 2 aromatic heterocycles. The van der Waals surface area contributed by atoms with Crippen LogP contribution in [0.4, 0.5) is 0 Å². The Morgan fingerprint density at radius 3 is 2.85 bits per heavy atom. The van der Waals surface area contributed by atoms with Crippen molar-refractivity contribution in [3.05, 3.63) is 41.7 Å². The average Bonchev–Trinajstić information content (AvgIpc) is 3.15. The number of aromatic nitrogens is 4. The minimum atomic E-state index is 0.0516. The zero-order valence-electron chi connectivity index (χ0n) is 15.3. The fourth-order valence-electron chi connectivity index (χ4n) is 4.69. The standard InChI is InChI=1S/C20H25N5O/c1-14-4-2-5-17(22-14)19(26)24-11-16(20(12-24)8-3-9-20)18-23-21-13-25(18)10-15-6-7-15/h2,4-5,13,15-16H,3,6-12H2,1H3. The fourth-order valence-corrected chi connectivity index (χ4v) is 4.69. The van der Waals surface area contributed by atoms with Crippen LogP contribution in [0.2, 0.25) is 0 Å². The molecule has 2 saturated carbocycles. The molecule has 6 heteroatoms. The molecule has 3 heterocycles. The van der Waals surface area contributed by atoms with E-state index >= 15 is 0 Å². The van der Waals surface area contributed by atoms with Crippen LogP contribution in [0.1, 0.15) is 60.0 Å². The van der Waals surface area contributed by atoms with Gasteiger partial charge in [-0.05, 0) is 56.1 Å². The molecule has 136 valence electrons. The molecule has 0 bridgehead atoms. The monoisotopic (exact) mass is 351 g/mol. The third kappa shape index (κ3) is 2.63. The first-order valence-corrected chi connectivity index (χ1v) is 9.75. The maximum atomic E-state index is 13.0. The van der Waals surface area contributed by atoms with Crippen LogP contribution in [-0.2, 0) is 6.54 Å². The van der Waals surface area contributed by atoms with Crippen LogP contribution < -0.4 is 0 Å². The van der Waals surface area contributed by atoms with E-state index in [9.17, 15) is 4.79 Å². The van der Waals surface area contributed by atoms with E-state index in [0.29, 0.717) is 11.6 Å². The lowest BCUT2D eigenvalue weighted by molar-refractivity contribution is 0.0717. The SMILES string of the molecule is Cc1cccc(C(=O)N2CC(c3nncn3CC3CC3)C3(CCC3)C2)n1. The largest absolute Gasteiger partial charge is 0.336 e. The van der Waals surface area contributed by atoms with Gasteiger partial charge in [0.1, 0.15) is 17.8 Å². The third-order valence-corrected chi connectivity index (χ3v) is 6.50. The molecule has 1 spiro atoms. The molecule has 1 amide bonds. The van der Waals surface area contributed by atoms with Crippen LogP contribution in [0.5, 0.6) is 0 Å². The van der Waals surface area contributed by atoms with Crippen LogP contribution in [0.25, 0.3) is 0 Å². The van der Waals surface area contributed by atoms with Gasteiger partial charge in [-0.25, -0.2) is 4.98 Å². The van der Waals surface area contributed by atoms with Crippen LogP contribution in [-0.4, -0.2) is 43.6 Å². The smallest absolute Gasteiger partial charge is 0.272 e. The van der Waals surface area contributed by atoms with Crippen LogP contribution in [0.3, 0.4) is 0 Å². The highest BCUT2D eigenvalue weighted by atomic mass is 16.2. The van der Waals surface area contributed by atoms with Crippen molar-refractivity contribution in [2.24, 2.45) is 11.3 Å². The maximum absolute atomic E-state index is 13.0. The Kier molecular flexibility index (Phi) is 3.62. The van der Waals surface area contributed by atoms with Crippen molar-refractivity contribution < 1.29 is 4.79 Å². The van der Waals surface area contributed by atoms with Gasteiger partial charge in [0, 0.05) is 31.2 Å². The number of aryl methyl sites for hydroxylation is 1. The number of rotatable bonds is 4. The first kappa shape index (κ1) is 16.0. The molecule has 1 unspecified atom stereocenters. The first-order valence-electron chi connectivity index (χ1n) is 9.75. The predicted molar refractivity (Wildman–Crippen MR) is 96.6 cm³/mol. The van der Waals surface area contributed by atoms with Gasteiger partial charge in [-0.3, -0.25) is 4.79 Å². The van der Waals surface area contributed by atoms with E-state index in [1.807, 2.05) is 36.4 Å². The van der Waals surface area contributed by atoms with Gasteiger partial charge < -0.3 is 9.47 Å². The van der Waals surface area contributed by atoms with Crippen molar-refractivity contribution in [1.82, 2.24) is 24.6 Å². The highest BCUT2D eigenvalue weighted by Gasteiger charge is 2.53. The molecule has 2 aromatic rings. The van der Waals surface area contributed by atoms with Gasteiger partial charge in [0.25, 0.3) is 5.91 Å². The molecule has 1 saturated heterocycles. The average molecular weight is 351 g/mol. The zero-order chi connectivity index (χ0) is 17.7. The van der Waals surface area contributed by atoms with Gasteiger partial charge >= 0.3 is 0 Å². The van der Waals surface area contributed by atoms with Gasteiger partial charge in [0.2, 0.25) is 0 Å². The molecule has 1 aliphatic heterocycles. The summed E-state index contributed by atoms with van der Waals surface area (Å²) < 4.78 is 2.25. The minimum absolute atomic E-state index is 0.0516. The summed E-state index contributed by atoms with van der Waals surface area (Å²) in [6.45, 7) is 4.51. The molecule has 0 aromatic carbocycles. The van der Waals surface area contributed by atoms with Gasteiger partial charge in [0.05, 0.1) is 0 Å². The van der Waals surface area contributed by atoms with Crippen LogP contribution >= 0.6 is 0 Å². The van der Waals surface area contributed by atoms with Gasteiger partial charge in [-0.1, -0.05) is 12.5 Å². The third-order valence-electron chi connectivity index (χ3n) is 6.50. The van der Waals surface area contributed by atoms with Crippen molar-refractivity contribution in [3.8, 4) is 0 Å². The Balaban J connectivity index is 1.42. The summed E-state index contributed by atoms with van der Waals surface area (Å²) in [6, 6.07) is 5.66. The van der Waals surface area contributed by atoms with Gasteiger partial charge in [0.15, 0.2) is 0 Å². The van der Waals surface area contributed by atoms with Crippen molar-refractivity contribution in [2.45, 2.75) is 51.5 Å². The maximum Gasteiger partial charge on any atom is 0.272 e. The second kappa shape index (κ2) is 5.89. The normalized spacial score (nSPS) is 24.0. The van der Waals surface area contributed by atoms with E-state index in [1.54, 1.807) is 0 Å². The first-order chi connectivity index (χ1) is 12.6. The number of pyridine rings is 1. The summed E-state index contributed by atoms with van der Waals surface area (Å²) in [7, 11) is 0. The summed E-state index contributed by atoms with van der Waals surface area (Å²) in [4.78, 5) is 19.5. The molecule has 5 rings (SSSR count). The van der Waals surface area contributed by atoms with Crippen molar-refractivity contribution in [1.29, 1.82) is 0 Å². The van der Waals surface area contributed by atoms with Crippen molar-refractivity contribution >= 4 is 5.91 Å². The summed E-state index contributed by atoms with van der Waals surface area (Å²) >= 11 is 0. The number of amides is 1. The van der Waals surface area contributed by atoms with E-state index < -0.39 is 0 Å². The fraction of sp³-hybridized carbons (Fsp3) is 0.600. The van der Waals surface area contributed by atoms with E-state index in [1.165, 1.54) is 32.1 Å². The summed E-state index contributed by atoms with van der Waals surface area (Å²) in [6.07, 6.45) is 8.12. The number of nitrogens with zero attached hydrogens (tertiary/aromatic N) is 5. The molecular weight excluding hydrogens is 326 g/mol. The Morgan fingerprint density at radius 1 is 1.31 bits per heavy atom. The summed E-state index contributed by atoms with van der Waals surface area (Å²) in [5.74, 6) is 2.23. The van der Waals surface area contributed by atoms with Gasteiger partial charge in [-0.2, -0.15) is 0 Å². The topological polar surface area (TPSA) is 63.9 Å². The number of carbonyl (C=O) groups is 1. The zero-order valence-corrected chi connectivity index (χ0v) is 15.3. The second-order valence-electron chi connectivity index (χ2n) is 8.40. The number of hydrogen-bond donors (Lipinski definition) is 0. The van der Waals surface area contributed by atoms with E-state index in [2.05, 4.69) is 19.7 Å². The Morgan fingerprint density at radius 2 is 2.15 bits per heavy atom. The highest BCUT2D eigenvalue weighted by molar-refractivity contribution is 5.92. The van der Waals surface area contributed by atoms with E-state index in [4.69, 9.17) is 0 Å². The lowest BCUT2D eigenvalue weighted by atomic mass is 9.62. The number of likely N-dealkylation sites (tertiary alicyclic amines) is 1. The Labute approximate surface area is 153 Å². The van der Waals surface area contributed by atoms with E-state index in [0.717, 1.165) is 37.1 Å². The van der Waals surface area contributed by atoms with Crippen LogP contribution in [0, 0.1) is 18.3 Å². The molecular formula is C20H25N5O. The molecule has 1 atom stereocenters. The second-order valence-corrected chi connectivity index (χ2v) is 8.40. The molecule has 26 heavy (non-hydrogen) atoms. The minimum Gasteiger partial charge on any atom is -0.336 e. The lowest BCUT2D eigenvalue weighted by Gasteiger charge is -2.42. The van der Waals surface area contributed by atoms with Gasteiger partial charge in [-0.15, -0.1) is 10.2 Å². The van der Waals surface area contributed by atoms with E-state index in [-0.39, 0.29) is 11.3 Å². The lowest BCUT2D eigenvalue weighted by Crippen LogP contribution is -2.38. The highest BCUT2D eigenvalue weighted by Crippen LogP contribution is 2.55. The number of hydrogen-bond acceptors (Lipinski definition) is 4. The Bertz CT molecular complexity index is 836. The Hall–Kier alpha value is -2.24.